The second-order valence-corrected chi connectivity index (χ2v) is 4.79. The number of carboxylic acids is 1. The van der Waals surface area contributed by atoms with Gasteiger partial charge in [-0.3, -0.25) is 14.9 Å². The summed E-state index contributed by atoms with van der Waals surface area (Å²) in [5.74, 6) is -1.65. The number of nitrogens with zero attached hydrogens (tertiary/aromatic N) is 2. The fraction of sp³-hybridized carbons (Fsp3) is 0.0625. The van der Waals surface area contributed by atoms with Gasteiger partial charge < -0.3 is 5.11 Å². The number of nitro groups is 1. The number of benzene rings is 2. The maximum absolute atomic E-state index is 12.0. The van der Waals surface area contributed by atoms with Crippen LogP contribution in [0.1, 0.15) is 33.2 Å². The second kappa shape index (κ2) is 7.14. The molecule has 0 heterocycles. The van der Waals surface area contributed by atoms with Crippen LogP contribution in [0.25, 0.3) is 0 Å². The van der Waals surface area contributed by atoms with Crippen molar-refractivity contribution in [3.63, 3.8) is 0 Å². The lowest BCUT2D eigenvalue weighted by molar-refractivity contribution is -0.384. The van der Waals surface area contributed by atoms with Gasteiger partial charge >= 0.3 is 5.97 Å². The molecule has 0 aliphatic carbocycles. The number of hydrogen-bond donors (Lipinski definition) is 2. The van der Waals surface area contributed by atoms with Crippen molar-refractivity contribution in [1.29, 1.82) is 0 Å². The highest BCUT2D eigenvalue weighted by Gasteiger charge is 2.12. The van der Waals surface area contributed by atoms with Gasteiger partial charge in [-0.15, -0.1) is 0 Å². The van der Waals surface area contributed by atoms with Crippen molar-refractivity contribution < 1.29 is 19.6 Å². The zero-order chi connectivity index (χ0) is 17.7. The molecule has 0 saturated heterocycles. The molecule has 0 aliphatic heterocycles. The topological polar surface area (TPSA) is 122 Å². The van der Waals surface area contributed by atoms with Gasteiger partial charge in [-0.2, -0.15) is 5.10 Å². The third kappa shape index (κ3) is 3.80. The number of carbonyl (C=O) groups is 2. The number of hydrazone groups is 1. The molecule has 24 heavy (non-hydrogen) atoms. The van der Waals surface area contributed by atoms with Gasteiger partial charge in [-0.1, -0.05) is 18.2 Å². The Kier molecular flexibility index (Phi) is 5.00. The number of rotatable bonds is 5. The normalized spacial score (nSPS) is 11.0. The molecule has 2 aromatic rings. The van der Waals surface area contributed by atoms with Crippen LogP contribution >= 0.6 is 0 Å². The first-order chi connectivity index (χ1) is 11.4. The van der Waals surface area contributed by atoms with Crippen LogP contribution in [0.3, 0.4) is 0 Å². The molecule has 8 heteroatoms. The first-order valence-corrected chi connectivity index (χ1v) is 6.82. The van der Waals surface area contributed by atoms with Crippen LogP contribution in [0.4, 0.5) is 5.69 Å². The van der Waals surface area contributed by atoms with Crippen molar-refractivity contribution in [3.05, 3.63) is 75.3 Å². The molecule has 8 nitrogen and oxygen atoms in total. The number of carboxylic acid groups (broad SMARTS) is 1. The second-order valence-electron chi connectivity index (χ2n) is 4.79. The van der Waals surface area contributed by atoms with E-state index < -0.39 is 16.8 Å². The maximum atomic E-state index is 12.0. The number of non-ortho nitro benzene ring substituents is 1. The Labute approximate surface area is 136 Å². The van der Waals surface area contributed by atoms with Crippen LogP contribution in [-0.2, 0) is 0 Å². The molecule has 122 valence electrons. The minimum absolute atomic E-state index is 0.0725. The zero-order valence-corrected chi connectivity index (χ0v) is 12.6. The van der Waals surface area contributed by atoms with Crippen molar-refractivity contribution in [1.82, 2.24) is 5.43 Å². The van der Waals surface area contributed by atoms with Crippen LogP contribution in [0.5, 0.6) is 0 Å². The van der Waals surface area contributed by atoms with Gasteiger partial charge in [0, 0.05) is 23.3 Å². The smallest absolute Gasteiger partial charge is 0.336 e. The van der Waals surface area contributed by atoms with Crippen molar-refractivity contribution in [3.8, 4) is 0 Å². The molecule has 1 amide bonds. The van der Waals surface area contributed by atoms with E-state index in [0.29, 0.717) is 11.3 Å². The average molecular weight is 327 g/mol. The van der Waals surface area contributed by atoms with Gasteiger partial charge in [0.2, 0.25) is 0 Å². The molecular weight excluding hydrogens is 314 g/mol. The third-order valence-corrected chi connectivity index (χ3v) is 3.21. The first kappa shape index (κ1) is 16.8. The van der Waals surface area contributed by atoms with Gasteiger partial charge in [-0.25, -0.2) is 10.2 Å². The predicted octanol–water partition coefficient (Wildman–Crippen LogP) is 2.45. The van der Waals surface area contributed by atoms with E-state index in [4.69, 9.17) is 5.11 Å². The minimum atomic E-state index is -1.10. The molecule has 2 rings (SSSR count). The van der Waals surface area contributed by atoms with Crippen LogP contribution in [0.15, 0.2) is 53.6 Å². The largest absolute Gasteiger partial charge is 0.478 e. The Morgan fingerprint density at radius 3 is 2.21 bits per heavy atom. The van der Waals surface area contributed by atoms with Crippen LogP contribution in [-0.4, -0.2) is 27.6 Å². The molecule has 0 atom stereocenters. The first-order valence-electron chi connectivity index (χ1n) is 6.82. The van der Waals surface area contributed by atoms with E-state index >= 15 is 0 Å². The zero-order valence-electron chi connectivity index (χ0n) is 12.6. The van der Waals surface area contributed by atoms with E-state index in [1.165, 1.54) is 30.3 Å². The summed E-state index contributed by atoms with van der Waals surface area (Å²) < 4.78 is 0. The van der Waals surface area contributed by atoms with Crippen LogP contribution in [0.2, 0.25) is 0 Å². The summed E-state index contributed by atoms with van der Waals surface area (Å²) in [5, 5.41) is 23.6. The van der Waals surface area contributed by atoms with Crippen LogP contribution < -0.4 is 5.43 Å². The quantitative estimate of drug-likeness (QED) is 0.496. The Bertz CT molecular complexity index is 828. The minimum Gasteiger partial charge on any atom is -0.478 e. The summed E-state index contributed by atoms with van der Waals surface area (Å²) >= 11 is 0. The predicted molar refractivity (Wildman–Crippen MR) is 86.2 cm³/mol. The summed E-state index contributed by atoms with van der Waals surface area (Å²) in [6.45, 7) is 1.57. The molecule has 2 aromatic carbocycles. The molecule has 0 aliphatic rings. The number of aromatic carboxylic acids is 1. The van der Waals surface area contributed by atoms with E-state index in [1.807, 2.05) is 0 Å². The SMILES string of the molecule is C/C(=N/NC(=O)c1ccc([N+](=O)[O-])cc1)c1ccccc1C(=O)O. The Morgan fingerprint density at radius 1 is 1.08 bits per heavy atom. The molecule has 0 unspecified atom stereocenters. The molecule has 0 aromatic heterocycles. The lowest BCUT2D eigenvalue weighted by Crippen LogP contribution is -2.20. The molecule has 0 saturated carbocycles. The Balaban J connectivity index is 2.16. The lowest BCUT2D eigenvalue weighted by Gasteiger charge is -2.06. The Hall–Kier alpha value is -3.55. The molecule has 0 radical (unpaired) electrons. The van der Waals surface area contributed by atoms with Crippen molar-refractivity contribution in [2.45, 2.75) is 6.92 Å². The summed E-state index contributed by atoms with van der Waals surface area (Å²) in [4.78, 5) is 33.2. The van der Waals surface area contributed by atoms with Crippen molar-refractivity contribution >= 4 is 23.3 Å². The van der Waals surface area contributed by atoms with E-state index in [1.54, 1.807) is 25.1 Å². The van der Waals surface area contributed by atoms with Crippen molar-refractivity contribution in [2.75, 3.05) is 0 Å². The highest BCUT2D eigenvalue weighted by Crippen LogP contribution is 2.12. The Morgan fingerprint density at radius 2 is 1.67 bits per heavy atom. The molecule has 2 N–H and O–H groups in total. The lowest BCUT2D eigenvalue weighted by atomic mass is 10.0. The van der Waals surface area contributed by atoms with Gasteiger partial charge in [0.05, 0.1) is 16.2 Å². The standard InChI is InChI=1S/C16H13N3O5/c1-10(13-4-2-3-5-14(13)16(21)22)17-18-15(20)11-6-8-12(9-7-11)19(23)24/h2-9H,1H3,(H,18,20)(H,21,22)/b17-10-. The van der Waals surface area contributed by atoms with E-state index in [9.17, 15) is 19.7 Å². The van der Waals surface area contributed by atoms with E-state index in [0.717, 1.165) is 0 Å². The maximum Gasteiger partial charge on any atom is 0.336 e. The molecule has 0 spiro atoms. The highest BCUT2D eigenvalue weighted by molar-refractivity contribution is 6.08. The fourth-order valence-corrected chi connectivity index (χ4v) is 1.98. The summed E-state index contributed by atoms with van der Waals surface area (Å²) in [5.41, 5.74) is 3.15. The van der Waals surface area contributed by atoms with Gasteiger partial charge in [0.15, 0.2) is 0 Å². The van der Waals surface area contributed by atoms with Gasteiger partial charge in [0.1, 0.15) is 0 Å². The number of hydrogen-bond acceptors (Lipinski definition) is 5. The third-order valence-electron chi connectivity index (χ3n) is 3.21. The van der Waals surface area contributed by atoms with E-state index in [-0.39, 0.29) is 16.8 Å². The highest BCUT2D eigenvalue weighted by atomic mass is 16.6. The van der Waals surface area contributed by atoms with Gasteiger partial charge in [-0.05, 0) is 25.1 Å². The number of amides is 1. The molecular formula is C16H13N3O5. The number of nitro benzene ring substituents is 1. The fourth-order valence-electron chi connectivity index (χ4n) is 1.98. The molecule has 0 fully saturated rings. The van der Waals surface area contributed by atoms with Gasteiger partial charge in [0.25, 0.3) is 11.6 Å². The summed E-state index contributed by atoms with van der Waals surface area (Å²) in [6.07, 6.45) is 0. The monoisotopic (exact) mass is 327 g/mol. The summed E-state index contributed by atoms with van der Waals surface area (Å²) in [6, 6.07) is 11.3. The van der Waals surface area contributed by atoms with Crippen LogP contribution in [0, 0.1) is 10.1 Å². The number of carbonyl (C=O) groups excluding carboxylic acids is 1. The summed E-state index contributed by atoms with van der Waals surface area (Å²) in [7, 11) is 0. The average Bonchev–Trinajstić information content (AvgIpc) is 2.59. The molecule has 0 bridgehead atoms. The van der Waals surface area contributed by atoms with E-state index in [2.05, 4.69) is 10.5 Å². The number of nitrogens with one attached hydrogen (secondary N) is 1. The van der Waals surface area contributed by atoms with Crippen molar-refractivity contribution in [2.24, 2.45) is 5.10 Å².